The Kier molecular flexibility index (Phi) is 20.4. The molecule has 0 aromatic heterocycles. The van der Waals surface area contributed by atoms with Crippen LogP contribution in [0, 0.1) is 14.9 Å². The number of rotatable bonds is 12. The van der Waals surface area contributed by atoms with Crippen LogP contribution in [0.25, 0.3) is 10.6 Å². The number of hydrogen-bond acceptors (Lipinski definition) is 2. The Morgan fingerprint density at radius 1 is 0.550 bits per heavy atom. The molecule has 0 bridgehead atoms. The number of hydrogen-bond donors (Lipinski definition) is 0. The normalized spacial score (nSPS) is 11.8. The molecule has 0 amide bonds. The fourth-order valence-corrected chi connectivity index (χ4v) is 4.56. The van der Waals surface area contributed by atoms with Gasteiger partial charge >= 0.3 is 25.8 Å². The Balaban J connectivity index is 0. The molecule has 40 heavy (non-hydrogen) atoms. The molecule has 220 valence electrons. The van der Waals surface area contributed by atoms with Gasteiger partial charge in [-0.2, -0.15) is 0 Å². The van der Waals surface area contributed by atoms with Crippen molar-refractivity contribution in [3.63, 3.8) is 0 Å². The van der Waals surface area contributed by atoms with Gasteiger partial charge < -0.3 is 35.5 Å². The molecule has 0 unspecified atom stereocenters. The standard InChI is InChI=1S/C33H50N4.2CH3.Hf/c1-22(2)28-16-14-17-29(23(3)4)32(28)36-26(9)34-20-12-11-13-21-35-27(10)37-33-30(24(5)6)18-15-19-31(33)25(7)8;;;/h14-19,22-25H,11-13,20-21H2,1-10H3;2*1H3;/q-2;2*-1;+4. The van der Waals surface area contributed by atoms with Gasteiger partial charge in [0.15, 0.2) is 0 Å². The average molecular weight is 711 g/mol. The Morgan fingerprint density at radius 2 is 0.825 bits per heavy atom. The minimum absolute atomic E-state index is 0. The summed E-state index contributed by atoms with van der Waals surface area (Å²) in [6.45, 7) is 23.5. The summed E-state index contributed by atoms with van der Waals surface area (Å²) < 4.78 is 0. The van der Waals surface area contributed by atoms with Crippen molar-refractivity contribution < 1.29 is 25.8 Å². The van der Waals surface area contributed by atoms with E-state index >= 15 is 0 Å². The van der Waals surface area contributed by atoms with Gasteiger partial charge in [0, 0.05) is 0 Å². The average Bonchev–Trinajstić information content (AvgIpc) is 2.83. The van der Waals surface area contributed by atoms with Crippen molar-refractivity contribution in [3.8, 4) is 0 Å². The van der Waals surface area contributed by atoms with Crippen molar-refractivity contribution >= 4 is 23.0 Å². The van der Waals surface area contributed by atoms with E-state index in [-0.39, 0.29) is 40.7 Å². The second-order valence-corrected chi connectivity index (χ2v) is 11.3. The molecule has 2 aromatic rings. The van der Waals surface area contributed by atoms with Crippen LogP contribution in [0.15, 0.2) is 46.4 Å². The Bertz CT molecular complexity index is 915. The summed E-state index contributed by atoms with van der Waals surface area (Å²) in [6.07, 6.45) is 3.21. The van der Waals surface area contributed by atoms with Crippen LogP contribution in [-0.2, 0) is 25.8 Å². The Labute approximate surface area is 267 Å². The first-order valence-corrected chi connectivity index (χ1v) is 14.2. The maximum absolute atomic E-state index is 4.95. The predicted octanol–water partition coefficient (Wildman–Crippen LogP) is 11.8. The molecule has 2 rings (SSSR count). The molecule has 4 nitrogen and oxygen atoms in total. The molecule has 0 fully saturated rings. The van der Waals surface area contributed by atoms with E-state index < -0.39 is 0 Å². The molecular formula is C35H56HfN4. The second-order valence-electron chi connectivity index (χ2n) is 11.3. The van der Waals surface area contributed by atoms with Crippen molar-refractivity contribution in [2.24, 2.45) is 9.98 Å². The predicted molar refractivity (Wildman–Crippen MR) is 178 cm³/mol. The maximum Gasteiger partial charge on any atom is 4.00 e. The van der Waals surface area contributed by atoms with Crippen LogP contribution in [-0.4, -0.2) is 24.8 Å². The van der Waals surface area contributed by atoms with Crippen molar-refractivity contribution in [1.29, 1.82) is 0 Å². The van der Waals surface area contributed by atoms with Crippen LogP contribution >= 0.6 is 0 Å². The van der Waals surface area contributed by atoms with Crippen LogP contribution in [0.2, 0.25) is 0 Å². The summed E-state index contributed by atoms with van der Waals surface area (Å²) in [4.78, 5) is 9.91. The summed E-state index contributed by atoms with van der Waals surface area (Å²) in [5.41, 5.74) is 7.43. The summed E-state index contributed by atoms with van der Waals surface area (Å²) in [5.74, 6) is 3.50. The molecule has 0 radical (unpaired) electrons. The maximum atomic E-state index is 4.95. The molecule has 0 aliphatic rings. The smallest absolute Gasteiger partial charge is 0.469 e. The van der Waals surface area contributed by atoms with E-state index in [1.54, 1.807) is 0 Å². The molecule has 0 spiro atoms. The summed E-state index contributed by atoms with van der Waals surface area (Å²) in [7, 11) is 0. The summed E-state index contributed by atoms with van der Waals surface area (Å²) in [6, 6.07) is 13.1. The summed E-state index contributed by atoms with van der Waals surface area (Å²) in [5, 5.41) is 9.51. The van der Waals surface area contributed by atoms with E-state index in [4.69, 9.17) is 20.6 Å². The van der Waals surface area contributed by atoms with Gasteiger partial charge in [0.25, 0.3) is 0 Å². The van der Waals surface area contributed by atoms with E-state index in [1.165, 1.54) is 22.3 Å². The van der Waals surface area contributed by atoms with Gasteiger partial charge in [0.1, 0.15) is 0 Å². The van der Waals surface area contributed by atoms with E-state index in [1.807, 2.05) is 13.8 Å². The largest absolute Gasteiger partial charge is 4.00 e. The number of nitrogens with zero attached hydrogens (tertiary/aromatic N) is 4. The topological polar surface area (TPSA) is 52.9 Å². The van der Waals surface area contributed by atoms with Gasteiger partial charge in [-0.15, -0.1) is 0 Å². The van der Waals surface area contributed by atoms with Gasteiger partial charge in [0.05, 0.1) is 0 Å². The first kappa shape index (κ1) is 40.4. The van der Waals surface area contributed by atoms with Crippen molar-refractivity contribution in [2.75, 3.05) is 13.1 Å². The third-order valence-electron chi connectivity index (χ3n) is 6.73. The van der Waals surface area contributed by atoms with Crippen molar-refractivity contribution in [2.45, 2.75) is 112 Å². The fraction of sp³-hybridized carbons (Fsp3) is 0.543. The van der Waals surface area contributed by atoms with E-state index in [2.05, 4.69) is 91.8 Å². The quantitative estimate of drug-likeness (QED) is 0.0692. The fourth-order valence-electron chi connectivity index (χ4n) is 4.56. The summed E-state index contributed by atoms with van der Waals surface area (Å²) >= 11 is 0. The van der Waals surface area contributed by atoms with Gasteiger partial charge in [-0.3, -0.25) is 0 Å². The number of para-hydroxylation sites is 2. The SMILES string of the molecule is CC(=Nc1c(C(C)C)cccc1C(C)C)[N-]CCCCC[N-]C(C)=Nc1c(C(C)C)cccc1C(C)C.[CH3-].[CH3-].[Hf+4]. The minimum Gasteiger partial charge on any atom is -0.469 e. The van der Waals surface area contributed by atoms with Crippen LogP contribution in [0.4, 0.5) is 11.4 Å². The third kappa shape index (κ3) is 12.4. The van der Waals surface area contributed by atoms with E-state index in [0.717, 1.165) is 55.4 Å². The molecule has 0 aliphatic carbocycles. The molecule has 0 N–H and O–H groups in total. The molecule has 0 saturated carbocycles. The first-order chi connectivity index (χ1) is 17.5. The number of aliphatic imine (C=N–C) groups is 2. The van der Waals surface area contributed by atoms with Crippen LogP contribution in [0.5, 0.6) is 0 Å². The Hall–Kier alpha value is -1.75. The number of benzene rings is 2. The van der Waals surface area contributed by atoms with Gasteiger partial charge in [-0.05, 0) is 71.1 Å². The first-order valence-electron chi connectivity index (χ1n) is 14.2. The Morgan fingerprint density at radius 3 is 1.07 bits per heavy atom. The van der Waals surface area contributed by atoms with Gasteiger partial charge in [-0.25, -0.2) is 0 Å². The third-order valence-corrected chi connectivity index (χ3v) is 6.73. The van der Waals surface area contributed by atoms with Crippen LogP contribution < -0.4 is 0 Å². The second kappa shape index (κ2) is 20.2. The van der Waals surface area contributed by atoms with Crippen molar-refractivity contribution in [1.82, 2.24) is 0 Å². The molecule has 0 aliphatic heterocycles. The molecule has 5 heteroatoms. The molecule has 0 heterocycles. The van der Waals surface area contributed by atoms with Crippen molar-refractivity contribution in [3.05, 3.63) is 84.1 Å². The zero-order valence-corrected chi connectivity index (χ0v) is 31.2. The van der Waals surface area contributed by atoms with Gasteiger partial charge in [-0.1, -0.05) is 136 Å². The zero-order chi connectivity index (χ0) is 27.5. The zero-order valence-electron chi connectivity index (χ0n) is 27.6. The van der Waals surface area contributed by atoms with E-state index in [0.29, 0.717) is 23.7 Å². The van der Waals surface area contributed by atoms with Crippen LogP contribution in [0.1, 0.15) is 134 Å². The molecular weight excluding hydrogens is 655 g/mol. The number of amidine groups is 2. The minimum atomic E-state index is 0. The molecule has 0 saturated heterocycles. The molecule has 0 atom stereocenters. The monoisotopic (exact) mass is 712 g/mol. The molecule has 2 aromatic carbocycles. The van der Waals surface area contributed by atoms with Crippen LogP contribution in [0.3, 0.4) is 0 Å². The van der Waals surface area contributed by atoms with E-state index in [9.17, 15) is 0 Å². The van der Waals surface area contributed by atoms with Gasteiger partial charge in [0.2, 0.25) is 0 Å². The number of unbranched alkanes of at least 4 members (excludes halogenated alkanes) is 2.